The molecule has 2 aromatic carbocycles. The quantitative estimate of drug-likeness (QED) is 0.683. The van der Waals surface area contributed by atoms with E-state index >= 15 is 0 Å². The van der Waals surface area contributed by atoms with E-state index in [4.69, 9.17) is 26.8 Å². The van der Waals surface area contributed by atoms with Crippen LogP contribution in [0, 0.1) is 6.92 Å². The molecule has 2 aromatic rings. The number of benzene rings is 2. The summed E-state index contributed by atoms with van der Waals surface area (Å²) >= 11 is 6.20. The molecule has 1 heterocycles. The zero-order valence-corrected chi connectivity index (χ0v) is 12.2. The first-order chi connectivity index (χ1) is 10.0. The van der Waals surface area contributed by atoms with E-state index in [1.54, 1.807) is 24.3 Å². The number of nitrogen functional groups attached to an aromatic ring is 1. The van der Waals surface area contributed by atoms with Crippen molar-refractivity contribution in [2.75, 3.05) is 18.9 Å². The van der Waals surface area contributed by atoms with Gasteiger partial charge in [-0.25, -0.2) is 0 Å². The van der Waals surface area contributed by atoms with Crippen molar-refractivity contribution in [1.29, 1.82) is 0 Å². The number of carbonyl (C=O) groups excluding carboxylic acids is 1. The molecular weight excluding hydrogens is 290 g/mol. The molecule has 0 spiro atoms. The number of anilines is 1. The van der Waals surface area contributed by atoms with Gasteiger partial charge in [0.1, 0.15) is 13.2 Å². The Bertz CT molecular complexity index is 707. The monoisotopic (exact) mass is 303 g/mol. The Labute approximate surface area is 127 Å². The van der Waals surface area contributed by atoms with Crippen LogP contribution in [0.15, 0.2) is 30.3 Å². The molecule has 0 amide bonds. The molecule has 3 rings (SSSR count). The molecule has 5 heteroatoms. The Hall–Kier alpha value is -2.20. The number of aryl methyl sites for hydroxylation is 1. The molecular formula is C16H14ClNO3. The Kier molecular flexibility index (Phi) is 3.47. The Morgan fingerprint density at radius 1 is 1.10 bits per heavy atom. The molecule has 4 nitrogen and oxygen atoms in total. The fraction of sp³-hybridized carbons (Fsp3) is 0.188. The highest BCUT2D eigenvalue weighted by Gasteiger charge is 2.20. The van der Waals surface area contributed by atoms with E-state index in [2.05, 4.69) is 0 Å². The van der Waals surface area contributed by atoms with Gasteiger partial charge in [0, 0.05) is 22.9 Å². The largest absolute Gasteiger partial charge is 0.486 e. The molecule has 108 valence electrons. The Balaban J connectivity index is 2.05. The molecule has 0 unspecified atom stereocenters. The lowest BCUT2D eigenvalue weighted by molar-refractivity contribution is 0.103. The number of carbonyl (C=O) groups is 1. The normalized spacial score (nSPS) is 13.0. The maximum atomic E-state index is 12.6. The summed E-state index contributed by atoms with van der Waals surface area (Å²) in [6.07, 6.45) is 0. The van der Waals surface area contributed by atoms with Crippen LogP contribution in [0.2, 0.25) is 5.02 Å². The zero-order chi connectivity index (χ0) is 15.0. The first-order valence-electron chi connectivity index (χ1n) is 6.55. The van der Waals surface area contributed by atoms with Crippen LogP contribution in [0.4, 0.5) is 5.69 Å². The van der Waals surface area contributed by atoms with E-state index < -0.39 is 0 Å². The SMILES string of the molecule is Cc1cc(N)cc(C(=O)c2cc3c(cc2Cl)OCCO3)c1. The standard InChI is InChI=1S/C16H14ClNO3/c1-9-4-10(6-11(18)5-9)16(19)12-7-14-15(8-13(12)17)21-3-2-20-14/h4-8H,2-3,18H2,1H3. The van der Waals surface area contributed by atoms with Crippen LogP contribution in [0.5, 0.6) is 11.5 Å². The number of hydrogen-bond acceptors (Lipinski definition) is 4. The summed E-state index contributed by atoms with van der Waals surface area (Å²) in [7, 11) is 0. The minimum Gasteiger partial charge on any atom is -0.486 e. The van der Waals surface area contributed by atoms with Crippen molar-refractivity contribution < 1.29 is 14.3 Å². The van der Waals surface area contributed by atoms with Crippen LogP contribution in [0.25, 0.3) is 0 Å². The number of ether oxygens (including phenoxy) is 2. The second-order valence-electron chi connectivity index (χ2n) is 4.94. The van der Waals surface area contributed by atoms with Gasteiger partial charge in [0.15, 0.2) is 17.3 Å². The Morgan fingerprint density at radius 2 is 1.76 bits per heavy atom. The highest BCUT2D eigenvalue weighted by atomic mass is 35.5. The number of ketones is 1. The number of halogens is 1. The second kappa shape index (κ2) is 5.30. The van der Waals surface area contributed by atoms with Gasteiger partial charge in [-0.2, -0.15) is 0 Å². The molecule has 0 radical (unpaired) electrons. The van der Waals surface area contributed by atoms with Crippen molar-refractivity contribution in [3.05, 3.63) is 52.0 Å². The van der Waals surface area contributed by atoms with Crippen LogP contribution >= 0.6 is 11.6 Å². The van der Waals surface area contributed by atoms with Crippen molar-refractivity contribution >= 4 is 23.1 Å². The predicted octanol–water partition coefficient (Wildman–Crippen LogP) is 3.23. The average Bonchev–Trinajstić information content (AvgIpc) is 2.44. The van der Waals surface area contributed by atoms with E-state index in [1.807, 2.05) is 13.0 Å². The summed E-state index contributed by atoms with van der Waals surface area (Å²) in [6.45, 7) is 2.82. The van der Waals surface area contributed by atoms with E-state index in [9.17, 15) is 4.79 Å². The maximum absolute atomic E-state index is 12.6. The first-order valence-corrected chi connectivity index (χ1v) is 6.93. The summed E-state index contributed by atoms with van der Waals surface area (Å²) in [5.41, 5.74) is 8.15. The molecule has 0 saturated carbocycles. The highest BCUT2D eigenvalue weighted by Crippen LogP contribution is 2.36. The van der Waals surface area contributed by atoms with E-state index in [1.165, 1.54) is 0 Å². The fourth-order valence-corrected chi connectivity index (χ4v) is 2.58. The minimum absolute atomic E-state index is 0.188. The molecule has 1 aliphatic heterocycles. The van der Waals surface area contributed by atoms with E-state index in [0.29, 0.717) is 46.5 Å². The van der Waals surface area contributed by atoms with Crippen molar-refractivity contribution in [2.24, 2.45) is 0 Å². The maximum Gasteiger partial charge on any atom is 0.194 e. The molecule has 0 atom stereocenters. The van der Waals surface area contributed by atoms with Gasteiger partial charge in [-0.1, -0.05) is 11.6 Å². The molecule has 21 heavy (non-hydrogen) atoms. The third-order valence-corrected chi connectivity index (χ3v) is 3.55. The van der Waals surface area contributed by atoms with Crippen LogP contribution in [-0.2, 0) is 0 Å². The lowest BCUT2D eigenvalue weighted by Gasteiger charge is -2.19. The molecule has 0 aliphatic carbocycles. The third kappa shape index (κ3) is 2.67. The highest BCUT2D eigenvalue weighted by molar-refractivity contribution is 6.35. The van der Waals surface area contributed by atoms with Crippen LogP contribution in [0.3, 0.4) is 0 Å². The summed E-state index contributed by atoms with van der Waals surface area (Å²) < 4.78 is 10.9. The molecule has 0 bridgehead atoms. The fourth-order valence-electron chi connectivity index (χ4n) is 2.34. The van der Waals surface area contributed by atoms with Crippen molar-refractivity contribution in [2.45, 2.75) is 6.92 Å². The number of fused-ring (bicyclic) bond motifs is 1. The molecule has 0 saturated heterocycles. The lowest BCUT2D eigenvalue weighted by atomic mass is 10.0. The molecule has 2 N–H and O–H groups in total. The zero-order valence-electron chi connectivity index (χ0n) is 11.5. The summed E-state index contributed by atoms with van der Waals surface area (Å²) in [6, 6.07) is 8.47. The van der Waals surface area contributed by atoms with Gasteiger partial charge >= 0.3 is 0 Å². The van der Waals surface area contributed by atoms with Crippen molar-refractivity contribution in [1.82, 2.24) is 0 Å². The van der Waals surface area contributed by atoms with E-state index in [-0.39, 0.29) is 5.78 Å². The minimum atomic E-state index is -0.188. The average molecular weight is 304 g/mol. The summed E-state index contributed by atoms with van der Waals surface area (Å²) in [5, 5.41) is 0.337. The number of nitrogens with two attached hydrogens (primary N) is 1. The van der Waals surface area contributed by atoms with Gasteiger partial charge in [0.25, 0.3) is 0 Å². The Morgan fingerprint density at radius 3 is 2.43 bits per heavy atom. The third-order valence-electron chi connectivity index (χ3n) is 3.24. The lowest BCUT2D eigenvalue weighted by Crippen LogP contribution is -2.16. The summed E-state index contributed by atoms with van der Waals surface area (Å²) in [5.74, 6) is 0.911. The van der Waals surface area contributed by atoms with Crippen LogP contribution < -0.4 is 15.2 Å². The van der Waals surface area contributed by atoms with Crippen LogP contribution in [-0.4, -0.2) is 19.0 Å². The molecule has 0 fully saturated rings. The molecule has 1 aliphatic rings. The molecule has 0 aromatic heterocycles. The van der Waals surface area contributed by atoms with Crippen LogP contribution in [0.1, 0.15) is 21.5 Å². The van der Waals surface area contributed by atoms with Crippen molar-refractivity contribution in [3.63, 3.8) is 0 Å². The van der Waals surface area contributed by atoms with Gasteiger partial charge in [-0.3, -0.25) is 4.79 Å². The van der Waals surface area contributed by atoms with Gasteiger partial charge < -0.3 is 15.2 Å². The van der Waals surface area contributed by atoms with E-state index in [0.717, 1.165) is 5.56 Å². The van der Waals surface area contributed by atoms with Crippen molar-refractivity contribution in [3.8, 4) is 11.5 Å². The van der Waals surface area contributed by atoms with Gasteiger partial charge in [-0.15, -0.1) is 0 Å². The number of rotatable bonds is 2. The summed E-state index contributed by atoms with van der Waals surface area (Å²) in [4.78, 5) is 12.6. The first kappa shape index (κ1) is 13.8. The van der Waals surface area contributed by atoms with Gasteiger partial charge in [0.2, 0.25) is 0 Å². The smallest absolute Gasteiger partial charge is 0.194 e. The van der Waals surface area contributed by atoms with Gasteiger partial charge in [-0.05, 0) is 36.8 Å². The predicted molar refractivity (Wildman–Crippen MR) is 81.5 cm³/mol. The topological polar surface area (TPSA) is 61.6 Å². The van der Waals surface area contributed by atoms with Gasteiger partial charge in [0.05, 0.1) is 5.02 Å². The number of hydrogen-bond donors (Lipinski definition) is 1. The second-order valence-corrected chi connectivity index (χ2v) is 5.34.